The van der Waals surface area contributed by atoms with Crippen molar-refractivity contribution in [2.24, 2.45) is 0 Å². The summed E-state index contributed by atoms with van der Waals surface area (Å²) in [5.74, 6) is -1.12. The van der Waals surface area contributed by atoms with Crippen molar-refractivity contribution in [2.45, 2.75) is 207 Å². The van der Waals surface area contributed by atoms with Gasteiger partial charge in [-0.15, -0.1) is 0 Å². The fraction of sp³-hybridized carbons (Fsp3) is 0.540. The minimum absolute atomic E-state index is 0.137. The van der Waals surface area contributed by atoms with E-state index in [2.05, 4.69) is 123 Å². The molecule has 1 unspecified atom stereocenters. The Bertz CT molecular complexity index is 1610. The van der Waals surface area contributed by atoms with Crippen LogP contribution in [0.25, 0.3) is 0 Å². The van der Waals surface area contributed by atoms with Crippen LogP contribution in [0.1, 0.15) is 201 Å². The first-order valence-electron chi connectivity index (χ1n) is 27.0. The van der Waals surface area contributed by atoms with Crippen molar-refractivity contribution in [2.75, 3.05) is 13.2 Å². The van der Waals surface area contributed by atoms with Gasteiger partial charge in [0, 0.05) is 19.3 Å². The SMILES string of the molecule is C/C=C/C=C/C=C/C/C=C/C/C=C/C/C=C/C/C=C/CCC(=O)OCC(COC(=O)CCCCCCCCCCCCCCC)OC(=O)CC/C=C/C/C=C/C/C=C/C/C=C/C/C=C/C/C=C/CC. The maximum absolute atomic E-state index is 12.8. The van der Waals surface area contributed by atoms with Gasteiger partial charge in [-0.05, 0) is 90.4 Å². The maximum atomic E-state index is 12.8. The highest BCUT2D eigenvalue weighted by Gasteiger charge is 2.19. The van der Waals surface area contributed by atoms with E-state index in [1.807, 2.05) is 55.5 Å². The Labute approximate surface area is 422 Å². The lowest BCUT2D eigenvalue weighted by Gasteiger charge is -2.18. The lowest BCUT2D eigenvalue weighted by Crippen LogP contribution is -2.30. The smallest absolute Gasteiger partial charge is 0.306 e. The molecule has 0 fully saturated rings. The van der Waals surface area contributed by atoms with Gasteiger partial charge in [0.2, 0.25) is 0 Å². The number of allylic oxidation sites excluding steroid dienone is 26. The normalized spacial score (nSPS) is 13.4. The van der Waals surface area contributed by atoms with E-state index >= 15 is 0 Å². The van der Waals surface area contributed by atoms with Crippen molar-refractivity contribution >= 4 is 17.9 Å². The van der Waals surface area contributed by atoms with Crippen molar-refractivity contribution < 1.29 is 28.6 Å². The molecule has 0 aliphatic rings. The van der Waals surface area contributed by atoms with Crippen LogP contribution in [0, 0.1) is 0 Å². The van der Waals surface area contributed by atoms with Gasteiger partial charge >= 0.3 is 17.9 Å². The van der Waals surface area contributed by atoms with Crippen molar-refractivity contribution in [3.05, 3.63) is 158 Å². The second-order valence-corrected chi connectivity index (χ2v) is 17.1. The Morgan fingerprint density at radius 3 is 1.09 bits per heavy atom. The summed E-state index contributed by atoms with van der Waals surface area (Å²) in [5, 5.41) is 0. The first-order chi connectivity index (χ1) is 34.0. The van der Waals surface area contributed by atoms with Gasteiger partial charge in [-0.2, -0.15) is 0 Å². The second-order valence-electron chi connectivity index (χ2n) is 17.1. The van der Waals surface area contributed by atoms with Crippen LogP contribution in [0.4, 0.5) is 0 Å². The van der Waals surface area contributed by atoms with Crippen molar-refractivity contribution in [1.29, 1.82) is 0 Å². The lowest BCUT2D eigenvalue weighted by atomic mass is 10.0. The fourth-order valence-corrected chi connectivity index (χ4v) is 6.71. The zero-order valence-electron chi connectivity index (χ0n) is 43.8. The number of unbranched alkanes of at least 4 members (excludes halogenated alkanes) is 12. The summed E-state index contributed by atoms with van der Waals surface area (Å²) in [7, 11) is 0. The minimum atomic E-state index is -0.856. The molecule has 1 atom stereocenters. The molecule has 0 aromatic carbocycles. The third-order valence-electron chi connectivity index (χ3n) is 10.7. The molecular formula is C63H96O6. The summed E-state index contributed by atoms with van der Waals surface area (Å²) in [5.41, 5.74) is 0. The quantitative estimate of drug-likeness (QED) is 0.0199. The van der Waals surface area contributed by atoms with Gasteiger partial charge in [0.1, 0.15) is 13.2 Å². The Kier molecular flexibility index (Phi) is 51.6. The zero-order chi connectivity index (χ0) is 50.0. The summed E-state index contributed by atoms with van der Waals surface area (Å²) in [6.45, 7) is 6.12. The summed E-state index contributed by atoms with van der Waals surface area (Å²) < 4.78 is 16.7. The summed E-state index contributed by atoms with van der Waals surface area (Å²) in [4.78, 5) is 38.0. The van der Waals surface area contributed by atoms with Crippen molar-refractivity contribution in [1.82, 2.24) is 0 Å². The largest absolute Gasteiger partial charge is 0.462 e. The topological polar surface area (TPSA) is 78.9 Å². The van der Waals surface area contributed by atoms with Crippen LogP contribution in [0.5, 0.6) is 0 Å². The van der Waals surface area contributed by atoms with E-state index in [0.717, 1.165) is 83.5 Å². The van der Waals surface area contributed by atoms with Gasteiger partial charge < -0.3 is 14.2 Å². The molecule has 0 spiro atoms. The van der Waals surface area contributed by atoms with Gasteiger partial charge in [0.25, 0.3) is 0 Å². The Hall–Kier alpha value is -4.97. The maximum Gasteiger partial charge on any atom is 0.306 e. The summed E-state index contributed by atoms with van der Waals surface area (Å²) >= 11 is 0. The standard InChI is InChI=1S/C63H96O6/c1-4-7-10-13-16-19-22-25-27-29-31-33-35-38-41-44-47-50-53-56-62(65)68-59-60(58-67-61(64)55-52-49-46-43-40-37-24-21-18-15-12-9-6-3)69-63(66)57-54-51-48-45-42-39-36-34-32-30-28-26-23-20-17-14-11-8-5-2/h4,7-8,10-11,13,16-17,19-20,25-28,31-34,38-39,41-42,47-48,50-51,60H,5-6,9,12,14-15,18,21-24,29-30,35-37,40,43-46,49,52-59H2,1-3H3/b7-4+,11-8+,13-10+,19-16+,20-17+,27-25+,28-26+,33-31+,34-32+,41-38+,42-39+,50-47+,51-48+. The number of carbonyl (C=O) groups excluding carboxylic acids is 3. The lowest BCUT2D eigenvalue weighted by molar-refractivity contribution is -0.166. The van der Waals surface area contributed by atoms with Gasteiger partial charge in [-0.3, -0.25) is 14.4 Å². The third kappa shape index (κ3) is 53.8. The number of ether oxygens (including phenoxy) is 3. The van der Waals surface area contributed by atoms with E-state index in [0.29, 0.717) is 19.3 Å². The average molecular weight is 949 g/mol. The predicted molar refractivity (Wildman–Crippen MR) is 297 cm³/mol. The van der Waals surface area contributed by atoms with E-state index in [-0.39, 0.29) is 38.0 Å². The molecule has 0 aliphatic heterocycles. The minimum Gasteiger partial charge on any atom is -0.462 e. The highest BCUT2D eigenvalue weighted by Crippen LogP contribution is 2.14. The van der Waals surface area contributed by atoms with Crippen LogP contribution in [-0.4, -0.2) is 37.2 Å². The molecular weight excluding hydrogens is 853 g/mol. The van der Waals surface area contributed by atoms with Gasteiger partial charge in [-0.25, -0.2) is 0 Å². The van der Waals surface area contributed by atoms with Crippen LogP contribution in [0.3, 0.4) is 0 Å². The summed E-state index contributed by atoms with van der Waals surface area (Å²) in [6, 6.07) is 0. The van der Waals surface area contributed by atoms with E-state index in [1.165, 1.54) is 64.2 Å². The first kappa shape index (κ1) is 64.0. The molecule has 0 N–H and O–H groups in total. The summed E-state index contributed by atoms with van der Waals surface area (Å²) in [6.07, 6.45) is 81.2. The molecule has 0 bridgehead atoms. The molecule has 6 heteroatoms. The van der Waals surface area contributed by atoms with E-state index < -0.39 is 12.1 Å². The Balaban J connectivity index is 4.65. The van der Waals surface area contributed by atoms with Crippen LogP contribution >= 0.6 is 0 Å². The van der Waals surface area contributed by atoms with Crippen molar-refractivity contribution in [3.8, 4) is 0 Å². The molecule has 0 heterocycles. The molecule has 0 radical (unpaired) electrons. The number of hydrogen-bond acceptors (Lipinski definition) is 6. The molecule has 0 rings (SSSR count). The van der Waals surface area contributed by atoms with Gasteiger partial charge in [-0.1, -0.05) is 249 Å². The molecule has 0 aromatic heterocycles. The van der Waals surface area contributed by atoms with Gasteiger partial charge in [0.15, 0.2) is 6.10 Å². The number of hydrogen-bond donors (Lipinski definition) is 0. The molecule has 0 saturated heterocycles. The monoisotopic (exact) mass is 949 g/mol. The van der Waals surface area contributed by atoms with Crippen molar-refractivity contribution in [3.63, 3.8) is 0 Å². The second kappa shape index (κ2) is 55.6. The van der Waals surface area contributed by atoms with Crippen LogP contribution in [0.2, 0.25) is 0 Å². The molecule has 384 valence electrons. The Morgan fingerprint density at radius 2 is 0.681 bits per heavy atom. The highest BCUT2D eigenvalue weighted by atomic mass is 16.6. The molecule has 0 aromatic rings. The number of rotatable bonds is 46. The fourth-order valence-electron chi connectivity index (χ4n) is 6.71. The highest BCUT2D eigenvalue weighted by molar-refractivity contribution is 5.71. The van der Waals surface area contributed by atoms with E-state index in [1.54, 1.807) is 0 Å². The molecule has 0 amide bonds. The number of carbonyl (C=O) groups is 3. The van der Waals surface area contributed by atoms with E-state index in [9.17, 15) is 14.4 Å². The molecule has 69 heavy (non-hydrogen) atoms. The average Bonchev–Trinajstić information content (AvgIpc) is 3.35. The first-order valence-corrected chi connectivity index (χ1v) is 27.0. The Morgan fingerprint density at radius 1 is 0.348 bits per heavy atom. The van der Waals surface area contributed by atoms with E-state index in [4.69, 9.17) is 14.2 Å². The van der Waals surface area contributed by atoms with Crippen LogP contribution in [0.15, 0.2) is 158 Å². The molecule has 6 nitrogen and oxygen atoms in total. The molecule has 0 aliphatic carbocycles. The zero-order valence-corrected chi connectivity index (χ0v) is 43.8. The third-order valence-corrected chi connectivity index (χ3v) is 10.7. The number of esters is 3. The van der Waals surface area contributed by atoms with Gasteiger partial charge in [0.05, 0.1) is 0 Å². The van der Waals surface area contributed by atoms with Crippen LogP contribution in [-0.2, 0) is 28.6 Å². The molecule has 0 saturated carbocycles. The predicted octanol–water partition coefficient (Wildman–Crippen LogP) is 18.2. The van der Waals surface area contributed by atoms with Crippen LogP contribution < -0.4 is 0 Å².